The van der Waals surface area contributed by atoms with Gasteiger partial charge in [0.1, 0.15) is 0 Å². The van der Waals surface area contributed by atoms with Crippen LogP contribution in [0.5, 0.6) is 0 Å². The topological polar surface area (TPSA) is 3.24 Å². The fourth-order valence-corrected chi connectivity index (χ4v) is 2.35. The molecule has 2 rings (SSSR count). The van der Waals surface area contributed by atoms with Crippen molar-refractivity contribution >= 4 is 0 Å². The van der Waals surface area contributed by atoms with Gasteiger partial charge < -0.3 is 4.90 Å². The van der Waals surface area contributed by atoms with Crippen LogP contribution < -0.4 is 0 Å². The first kappa shape index (κ1) is 11.5. The minimum Gasteiger partial charge on any atom is -0.306 e. The predicted molar refractivity (Wildman–Crippen MR) is 63.4 cm³/mol. The lowest BCUT2D eigenvalue weighted by Crippen LogP contribution is -2.14. The maximum atomic E-state index is 2.44. The lowest BCUT2D eigenvalue weighted by atomic mass is 9.95. The molecule has 2 aliphatic rings. The van der Waals surface area contributed by atoms with Crippen LogP contribution >= 0.6 is 0 Å². The summed E-state index contributed by atoms with van der Waals surface area (Å²) in [6.45, 7) is 2.59. The smallest absolute Gasteiger partial charge is 0.00103 e. The second-order valence-corrected chi connectivity index (χ2v) is 4.38. The van der Waals surface area contributed by atoms with Crippen LogP contribution in [0.2, 0.25) is 0 Å². The number of allylic oxidation sites excluding steroid dienone is 4. The molecule has 1 nitrogen and oxygen atoms in total. The van der Waals surface area contributed by atoms with Crippen LogP contribution in [-0.2, 0) is 0 Å². The summed E-state index contributed by atoms with van der Waals surface area (Å²) in [7, 11) is 2.23. The van der Waals surface area contributed by atoms with Gasteiger partial charge in [0, 0.05) is 6.54 Å². The van der Waals surface area contributed by atoms with E-state index < -0.39 is 0 Å². The largest absolute Gasteiger partial charge is 0.306 e. The van der Waals surface area contributed by atoms with Crippen molar-refractivity contribution in [3.63, 3.8) is 0 Å². The normalized spacial score (nSPS) is 27.2. The summed E-state index contributed by atoms with van der Waals surface area (Å²) < 4.78 is 0. The molecule has 0 aromatic rings. The third kappa shape index (κ3) is 2.98. The molecular formula is C13H23N. The summed E-state index contributed by atoms with van der Waals surface area (Å²) >= 11 is 0. The number of likely N-dealkylation sites (tertiary alicyclic amines) is 1. The van der Waals surface area contributed by atoms with Crippen LogP contribution in [0.3, 0.4) is 0 Å². The average Bonchev–Trinajstić information content (AvgIpc) is 2.53. The van der Waals surface area contributed by atoms with E-state index in [1.807, 2.05) is 0 Å². The molecule has 1 atom stereocenters. The molecule has 0 saturated carbocycles. The van der Waals surface area contributed by atoms with E-state index in [1.54, 1.807) is 5.57 Å². The molecule has 1 heterocycles. The lowest BCUT2D eigenvalue weighted by Gasteiger charge is -2.12. The van der Waals surface area contributed by atoms with Gasteiger partial charge in [-0.1, -0.05) is 31.2 Å². The molecule has 1 heteroatoms. The molecule has 0 spiro atoms. The molecule has 14 heavy (non-hydrogen) atoms. The Kier molecular flexibility index (Phi) is 4.40. The van der Waals surface area contributed by atoms with Crippen LogP contribution in [0.25, 0.3) is 0 Å². The molecule has 0 aromatic carbocycles. The first-order chi connectivity index (χ1) is 6.34. The number of hydrogen-bond acceptors (Lipinski definition) is 1. The average molecular weight is 193 g/mol. The third-order valence-electron chi connectivity index (χ3n) is 3.09. The highest BCUT2D eigenvalue weighted by Gasteiger charge is 2.19. The fraction of sp³-hybridized carbons (Fsp3) is 0.692. The molecule has 0 aromatic heterocycles. The lowest BCUT2D eigenvalue weighted by molar-refractivity contribution is 0.394. The van der Waals surface area contributed by atoms with Gasteiger partial charge in [0.15, 0.2) is 0 Å². The molecule has 80 valence electrons. The number of nitrogens with zero attached hydrogens (tertiary/aromatic N) is 1. The van der Waals surface area contributed by atoms with Crippen LogP contribution in [-0.4, -0.2) is 25.0 Å². The molecule has 1 unspecified atom stereocenters. The summed E-state index contributed by atoms with van der Waals surface area (Å²) in [5, 5.41) is 0. The monoisotopic (exact) mass is 193 g/mol. The second-order valence-electron chi connectivity index (χ2n) is 4.38. The van der Waals surface area contributed by atoms with Gasteiger partial charge in [-0.15, -0.1) is 0 Å². The van der Waals surface area contributed by atoms with Crippen molar-refractivity contribution in [2.24, 2.45) is 5.92 Å². The van der Waals surface area contributed by atoms with E-state index >= 15 is 0 Å². The fourth-order valence-electron chi connectivity index (χ4n) is 2.35. The first-order valence-corrected chi connectivity index (χ1v) is 5.39. The maximum Gasteiger partial charge on any atom is 0.00103 e. The molecule has 1 fully saturated rings. The standard InChI is InChI=1S/C12H19N.CH4/c1-13-8-7-12(10-13)9-11-5-3-2-4-6-11;/h3,5-6,12H,2,4,7-10H2,1H3;1H4. The molecule has 0 N–H and O–H groups in total. The summed E-state index contributed by atoms with van der Waals surface area (Å²) in [5.74, 6) is 0.916. The molecule has 1 aliphatic heterocycles. The van der Waals surface area contributed by atoms with E-state index in [-0.39, 0.29) is 7.43 Å². The van der Waals surface area contributed by atoms with Gasteiger partial charge in [-0.3, -0.25) is 0 Å². The summed E-state index contributed by atoms with van der Waals surface area (Å²) in [6.07, 6.45) is 12.2. The Bertz CT molecular complexity index is 227. The van der Waals surface area contributed by atoms with Gasteiger partial charge in [0.05, 0.1) is 0 Å². The van der Waals surface area contributed by atoms with E-state index in [0.29, 0.717) is 0 Å². The Hall–Kier alpha value is -0.560. The quantitative estimate of drug-likeness (QED) is 0.651. The zero-order chi connectivity index (χ0) is 9.10. The molecule has 0 bridgehead atoms. The second kappa shape index (κ2) is 5.35. The van der Waals surface area contributed by atoms with Crippen molar-refractivity contribution in [2.75, 3.05) is 20.1 Å². The summed E-state index contributed by atoms with van der Waals surface area (Å²) in [4.78, 5) is 2.44. The molecule has 1 saturated heterocycles. The van der Waals surface area contributed by atoms with E-state index in [9.17, 15) is 0 Å². The van der Waals surface area contributed by atoms with Crippen molar-refractivity contribution in [2.45, 2.75) is 33.1 Å². The Morgan fingerprint density at radius 2 is 2.29 bits per heavy atom. The molecule has 0 amide bonds. The van der Waals surface area contributed by atoms with Crippen LogP contribution in [0.15, 0.2) is 23.8 Å². The van der Waals surface area contributed by atoms with Crippen molar-refractivity contribution in [1.82, 2.24) is 4.90 Å². The third-order valence-corrected chi connectivity index (χ3v) is 3.09. The zero-order valence-corrected chi connectivity index (χ0v) is 8.50. The van der Waals surface area contributed by atoms with E-state index in [4.69, 9.17) is 0 Å². The van der Waals surface area contributed by atoms with E-state index in [0.717, 1.165) is 5.92 Å². The summed E-state index contributed by atoms with van der Waals surface area (Å²) in [6, 6.07) is 0. The molecule has 0 radical (unpaired) electrons. The molecular weight excluding hydrogens is 170 g/mol. The SMILES string of the molecule is C.CN1CCC(CC2=CCCC=C2)C1. The van der Waals surface area contributed by atoms with Gasteiger partial charge in [-0.05, 0) is 45.2 Å². The molecule has 1 aliphatic carbocycles. The number of hydrogen-bond donors (Lipinski definition) is 0. The highest BCUT2D eigenvalue weighted by molar-refractivity contribution is 5.22. The Morgan fingerprint density at radius 3 is 2.86 bits per heavy atom. The maximum absolute atomic E-state index is 2.44. The van der Waals surface area contributed by atoms with Gasteiger partial charge in [0.2, 0.25) is 0 Å². The van der Waals surface area contributed by atoms with Crippen molar-refractivity contribution < 1.29 is 0 Å². The first-order valence-electron chi connectivity index (χ1n) is 5.39. The summed E-state index contributed by atoms with van der Waals surface area (Å²) in [5.41, 5.74) is 1.58. The highest BCUT2D eigenvalue weighted by atomic mass is 15.1. The van der Waals surface area contributed by atoms with Gasteiger partial charge in [-0.25, -0.2) is 0 Å². The Labute approximate surface area is 88.5 Å². The Balaban J connectivity index is 0.000000980. The minimum atomic E-state index is 0. The van der Waals surface area contributed by atoms with Crippen molar-refractivity contribution in [1.29, 1.82) is 0 Å². The van der Waals surface area contributed by atoms with Gasteiger partial charge in [0.25, 0.3) is 0 Å². The Morgan fingerprint density at radius 1 is 1.43 bits per heavy atom. The van der Waals surface area contributed by atoms with E-state index in [1.165, 1.54) is 38.8 Å². The highest BCUT2D eigenvalue weighted by Crippen LogP contribution is 2.24. The van der Waals surface area contributed by atoms with Gasteiger partial charge >= 0.3 is 0 Å². The zero-order valence-electron chi connectivity index (χ0n) is 8.50. The van der Waals surface area contributed by atoms with Crippen LogP contribution in [0, 0.1) is 5.92 Å². The van der Waals surface area contributed by atoms with Crippen LogP contribution in [0.1, 0.15) is 33.1 Å². The van der Waals surface area contributed by atoms with Crippen LogP contribution in [0.4, 0.5) is 0 Å². The number of rotatable bonds is 2. The van der Waals surface area contributed by atoms with E-state index in [2.05, 4.69) is 30.2 Å². The van der Waals surface area contributed by atoms with Gasteiger partial charge in [-0.2, -0.15) is 0 Å². The minimum absolute atomic E-state index is 0. The predicted octanol–water partition coefficient (Wildman–Crippen LogP) is 3.24. The van der Waals surface area contributed by atoms with Crippen molar-refractivity contribution in [3.05, 3.63) is 23.8 Å². The van der Waals surface area contributed by atoms with Crippen molar-refractivity contribution in [3.8, 4) is 0 Å².